The summed E-state index contributed by atoms with van der Waals surface area (Å²) in [4.78, 5) is 3.96. The standard InChI is InChI=1S/C8H10ClNO/c1-2-11-8-3-7(4-9)5-10-6-8/h3,5-6H,2,4H2,1H3. The summed E-state index contributed by atoms with van der Waals surface area (Å²) in [5.74, 6) is 1.26. The Kier molecular flexibility index (Phi) is 3.17. The minimum absolute atomic E-state index is 0.480. The third-order valence-corrected chi connectivity index (χ3v) is 1.54. The summed E-state index contributed by atoms with van der Waals surface area (Å²) in [6, 6.07) is 1.89. The highest BCUT2D eigenvalue weighted by molar-refractivity contribution is 6.17. The molecule has 1 aromatic heterocycles. The fourth-order valence-corrected chi connectivity index (χ4v) is 0.929. The van der Waals surface area contributed by atoms with E-state index in [1.165, 1.54) is 0 Å². The molecule has 1 aromatic rings. The highest BCUT2D eigenvalue weighted by Gasteiger charge is 1.94. The van der Waals surface area contributed by atoms with E-state index in [4.69, 9.17) is 16.3 Å². The molecule has 0 spiro atoms. The van der Waals surface area contributed by atoms with E-state index < -0.39 is 0 Å². The lowest BCUT2D eigenvalue weighted by molar-refractivity contribution is 0.338. The second-order valence-corrected chi connectivity index (χ2v) is 2.36. The molecule has 0 aliphatic carbocycles. The number of halogens is 1. The molecule has 0 aromatic carbocycles. The van der Waals surface area contributed by atoms with E-state index in [1.54, 1.807) is 12.4 Å². The molecule has 0 N–H and O–H groups in total. The van der Waals surface area contributed by atoms with Crippen LogP contribution in [0.1, 0.15) is 12.5 Å². The lowest BCUT2D eigenvalue weighted by Crippen LogP contribution is -1.92. The van der Waals surface area contributed by atoms with Crippen LogP contribution in [0.3, 0.4) is 0 Å². The van der Waals surface area contributed by atoms with Crippen LogP contribution in [0.2, 0.25) is 0 Å². The van der Waals surface area contributed by atoms with Crippen molar-refractivity contribution in [3.63, 3.8) is 0 Å². The largest absolute Gasteiger partial charge is 0.492 e. The number of hydrogen-bond donors (Lipinski definition) is 0. The average molecular weight is 172 g/mol. The predicted molar refractivity (Wildman–Crippen MR) is 45.0 cm³/mol. The van der Waals surface area contributed by atoms with Crippen molar-refractivity contribution in [1.29, 1.82) is 0 Å². The van der Waals surface area contributed by atoms with Gasteiger partial charge < -0.3 is 4.74 Å². The Balaban J connectivity index is 2.74. The van der Waals surface area contributed by atoms with Crippen LogP contribution >= 0.6 is 11.6 Å². The van der Waals surface area contributed by atoms with Crippen molar-refractivity contribution in [2.24, 2.45) is 0 Å². The van der Waals surface area contributed by atoms with Crippen molar-refractivity contribution in [2.45, 2.75) is 12.8 Å². The summed E-state index contributed by atoms with van der Waals surface area (Å²) < 4.78 is 5.23. The fourth-order valence-electron chi connectivity index (χ4n) is 0.782. The van der Waals surface area contributed by atoms with Crippen LogP contribution in [-0.4, -0.2) is 11.6 Å². The van der Waals surface area contributed by atoms with Gasteiger partial charge in [-0.05, 0) is 18.6 Å². The van der Waals surface area contributed by atoms with E-state index in [0.29, 0.717) is 12.5 Å². The zero-order valence-electron chi connectivity index (χ0n) is 6.38. The minimum atomic E-state index is 0.480. The lowest BCUT2D eigenvalue weighted by atomic mass is 10.3. The number of ether oxygens (including phenoxy) is 1. The smallest absolute Gasteiger partial charge is 0.137 e. The molecule has 2 nitrogen and oxygen atoms in total. The van der Waals surface area contributed by atoms with E-state index in [0.717, 1.165) is 11.3 Å². The first-order valence-electron chi connectivity index (χ1n) is 3.49. The van der Waals surface area contributed by atoms with Gasteiger partial charge in [-0.15, -0.1) is 11.6 Å². The Morgan fingerprint density at radius 3 is 3.00 bits per heavy atom. The molecule has 0 aliphatic heterocycles. The van der Waals surface area contributed by atoms with Gasteiger partial charge in [-0.2, -0.15) is 0 Å². The van der Waals surface area contributed by atoms with Crippen molar-refractivity contribution in [3.8, 4) is 5.75 Å². The molecule has 0 bridgehead atoms. The van der Waals surface area contributed by atoms with Crippen LogP contribution in [0, 0.1) is 0 Å². The molecule has 0 atom stereocenters. The zero-order chi connectivity index (χ0) is 8.10. The highest BCUT2D eigenvalue weighted by Crippen LogP contribution is 2.12. The van der Waals surface area contributed by atoms with Gasteiger partial charge in [0.1, 0.15) is 5.75 Å². The predicted octanol–water partition coefficient (Wildman–Crippen LogP) is 2.22. The summed E-state index contributed by atoms with van der Waals surface area (Å²) in [7, 11) is 0. The molecule has 3 heteroatoms. The van der Waals surface area contributed by atoms with Crippen molar-refractivity contribution in [2.75, 3.05) is 6.61 Å². The van der Waals surface area contributed by atoms with E-state index in [1.807, 2.05) is 13.0 Å². The molecule has 0 radical (unpaired) electrons. The minimum Gasteiger partial charge on any atom is -0.492 e. The van der Waals surface area contributed by atoms with Crippen LogP contribution in [0.5, 0.6) is 5.75 Å². The number of aromatic nitrogens is 1. The number of nitrogens with zero attached hydrogens (tertiary/aromatic N) is 1. The van der Waals surface area contributed by atoms with Crippen LogP contribution < -0.4 is 4.74 Å². The molecular formula is C8H10ClNO. The Hall–Kier alpha value is -0.760. The first-order valence-corrected chi connectivity index (χ1v) is 4.03. The molecule has 1 rings (SSSR count). The van der Waals surface area contributed by atoms with Crippen molar-refractivity contribution in [3.05, 3.63) is 24.0 Å². The van der Waals surface area contributed by atoms with Gasteiger partial charge in [0.25, 0.3) is 0 Å². The van der Waals surface area contributed by atoms with E-state index in [-0.39, 0.29) is 0 Å². The van der Waals surface area contributed by atoms with Gasteiger partial charge >= 0.3 is 0 Å². The zero-order valence-corrected chi connectivity index (χ0v) is 7.14. The van der Waals surface area contributed by atoms with Crippen LogP contribution in [0.4, 0.5) is 0 Å². The SMILES string of the molecule is CCOc1cncc(CCl)c1. The molecular weight excluding hydrogens is 162 g/mol. The summed E-state index contributed by atoms with van der Waals surface area (Å²) in [5.41, 5.74) is 0.984. The number of rotatable bonds is 3. The van der Waals surface area contributed by atoms with Gasteiger partial charge in [0.15, 0.2) is 0 Å². The number of alkyl halides is 1. The molecule has 0 saturated heterocycles. The van der Waals surface area contributed by atoms with Gasteiger partial charge in [-0.3, -0.25) is 4.98 Å². The van der Waals surface area contributed by atoms with Gasteiger partial charge in [0.2, 0.25) is 0 Å². The monoisotopic (exact) mass is 171 g/mol. The molecule has 0 amide bonds. The molecule has 0 saturated carbocycles. The van der Waals surface area contributed by atoms with Gasteiger partial charge in [0, 0.05) is 12.1 Å². The van der Waals surface area contributed by atoms with Crippen LogP contribution in [0.25, 0.3) is 0 Å². The Morgan fingerprint density at radius 1 is 1.55 bits per heavy atom. The summed E-state index contributed by atoms with van der Waals surface area (Å²) in [6.45, 7) is 2.60. The van der Waals surface area contributed by atoms with Crippen LogP contribution in [0.15, 0.2) is 18.5 Å². The van der Waals surface area contributed by atoms with E-state index >= 15 is 0 Å². The first-order chi connectivity index (χ1) is 5.36. The number of pyridine rings is 1. The average Bonchev–Trinajstić information content (AvgIpc) is 2.06. The summed E-state index contributed by atoms with van der Waals surface area (Å²) >= 11 is 5.60. The van der Waals surface area contributed by atoms with Crippen molar-refractivity contribution >= 4 is 11.6 Å². The molecule has 0 fully saturated rings. The third kappa shape index (κ3) is 2.39. The van der Waals surface area contributed by atoms with Crippen molar-refractivity contribution < 1.29 is 4.74 Å². The maximum absolute atomic E-state index is 5.60. The Bertz CT molecular complexity index is 227. The Morgan fingerprint density at radius 2 is 2.36 bits per heavy atom. The molecule has 1 heterocycles. The maximum atomic E-state index is 5.60. The lowest BCUT2D eigenvalue weighted by Gasteiger charge is -2.02. The van der Waals surface area contributed by atoms with Gasteiger partial charge in [-0.1, -0.05) is 0 Å². The normalized spacial score (nSPS) is 9.64. The third-order valence-electron chi connectivity index (χ3n) is 1.24. The molecule has 60 valence electrons. The van der Waals surface area contributed by atoms with Gasteiger partial charge in [0.05, 0.1) is 12.8 Å². The maximum Gasteiger partial charge on any atom is 0.137 e. The molecule has 0 unspecified atom stereocenters. The highest BCUT2D eigenvalue weighted by atomic mass is 35.5. The van der Waals surface area contributed by atoms with Gasteiger partial charge in [-0.25, -0.2) is 0 Å². The molecule has 0 aliphatic rings. The molecule has 11 heavy (non-hydrogen) atoms. The number of hydrogen-bond acceptors (Lipinski definition) is 2. The summed E-state index contributed by atoms with van der Waals surface area (Å²) in [6.07, 6.45) is 3.41. The van der Waals surface area contributed by atoms with E-state index in [9.17, 15) is 0 Å². The topological polar surface area (TPSA) is 22.1 Å². The quantitative estimate of drug-likeness (QED) is 0.651. The second-order valence-electron chi connectivity index (χ2n) is 2.10. The second kappa shape index (κ2) is 4.19. The Labute approximate surface area is 71.2 Å². The first kappa shape index (κ1) is 8.34. The van der Waals surface area contributed by atoms with Crippen molar-refractivity contribution in [1.82, 2.24) is 4.98 Å². The fraction of sp³-hybridized carbons (Fsp3) is 0.375. The van der Waals surface area contributed by atoms with E-state index in [2.05, 4.69) is 4.98 Å². The van der Waals surface area contributed by atoms with Crippen LogP contribution in [-0.2, 0) is 5.88 Å². The summed E-state index contributed by atoms with van der Waals surface area (Å²) in [5, 5.41) is 0.